The van der Waals surface area contributed by atoms with Crippen molar-refractivity contribution in [2.24, 2.45) is 0 Å². The fraction of sp³-hybridized carbons (Fsp3) is 0.300. The van der Waals surface area contributed by atoms with Crippen LogP contribution in [0, 0.1) is 0 Å². The number of esters is 2. The molecular formula is C20H20O6. The Bertz CT molecular complexity index is 682. The molecule has 136 valence electrons. The molecule has 0 bridgehead atoms. The van der Waals surface area contributed by atoms with Gasteiger partial charge in [-0.3, -0.25) is 0 Å². The van der Waals surface area contributed by atoms with Crippen LogP contribution in [0.5, 0.6) is 0 Å². The lowest BCUT2D eigenvalue weighted by atomic mass is 10.0. The van der Waals surface area contributed by atoms with Crippen molar-refractivity contribution >= 4 is 11.9 Å². The van der Waals surface area contributed by atoms with E-state index in [1.807, 2.05) is 0 Å². The lowest BCUT2D eigenvalue weighted by Crippen LogP contribution is -2.49. The summed E-state index contributed by atoms with van der Waals surface area (Å²) in [6.45, 7) is 1.70. The Hall–Kier alpha value is -2.70. The van der Waals surface area contributed by atoms with E-state index in [0.29, 0.717) is 11.1 Å². The Kier molecular flexibility index (Phi) is 5.65. The van der Waals surface area contributed by atoms with Crippen LogP contribution in [0.4, 0.5) is 0 Å². The molecule has 0 amide bonds. The van der Waals surface area contributed by atoms with Crippen LogP contribution in [0.25, 0.3) is 0 Å². The highest BCUT2D eigenvalue weighted by atomic mass is 16.7. The summed E-state index contributed by atoms with van der Waals surface area (Å²) in [6.07, 6.45) is -3.21. The van der Waals surface area contributed by atoms with E-state index in [0.717, 1.165) is 0 Å². The number of hydrogen-bond donors (Lipinski definition) is 1. The molecule has 6 heteroatoms. The minimum Gasteiger partial charge on any atom is -0.456 e. The monoisotopic (exact) mass is 356 g/mol. The Morgan fingerprint density at radius 3 is 1.85 bits per heavy atom. The summed E-state index contributed by atoms with van der Waals surface area (Å²) in [7, 11) is 0. The van der Waals surface area contributed by atoms with Gasteiger partial charge in [-0.15, -0.1) is 0 Å². The van der Waals surface area contributed by atoms with Gasteiger partial charge in [0.2, 0.25) is 0 Å². The molecule has 4 atom stereocenters. The molecule has 1 aliphatic rings. The quantitative estimate of drug-likeness (QED) is 0.848. The molecule has 3 rings (SSSR count). The normalized spacial score (nSPS) is 25.3. The second kappa shape index (κ2) is 8.12. The van der Waals surface area contributed by atoms with Crippen molar-refractivity contribution in [2.75, 3.05) is 0 Å². The molecule has 6 nitrogen and oxygen atoms in total. The first-order chi connectivity index (χ1) is 12.5. The third-order valence-corrected chi connectivity index (χ3v) is 4.20. The van der Waals surface area contributed by atoms with Crippen molar-refractivity contribution < 1.29 is 28.9 Å². The summed E-state index contributed by atoms with van der Waals surface area (Å²) in [5.41, 5.74) is 0.791. The fourth-order valence-electron chi connectivity index (χ4n) is 2.74. The molecule has 1 heterocycles. The van der Waals surface area contributed by atoms with Gasteiger partial charge in [0, 0.05) is 6.42 Å². The van der Waals surface area contributed by atoms with Crippen LogP contribution in [0.2, 0.25) is 0 Å². The zero-order valence-electron chi connectivity index (χ0n) is 14.3. The van der Waals surface area contributed by atoms with Gasteiger partial charge >= 0.3 is 11.9 Å². The number of hydrogen-bond acceptors (Lipinski definition) is 6. The van der Waals surface area contributed by atoms with Crippen molar-refractivity contribution in [1.82, 2.24) is 0 Å². The molecule has 1 N–H and O–H groups in total. The largest absolute Gasteiger partial charge is 0.456 e. The average molecular weight is 356 g/mol. The predicted octanol–water partition coefficient (Wildman–Crippen LogP) is 2.56. The molecule has 1 fully saturated rings. The van der Waals surface area contributed by atoms with E-state index >= 15 is 0 Å². The maximum Gasteiger partial charge on any atom is 0.338 e. The number of ether oxygens (including phenoxy) is 3. The van der Waals surface area contributed by atoms with E-state index in [4.69, 9.17) is 14.2 Å². The van der Waals surface area contributed by atoms with Gasteiger partial charge in [0.25, 0.3) is 0 Å². The van der Waals surface area contributed by atoms with E-state index in [-0.39, 0.29) is 6.42 Å². The topological polar surface area (TPSA) is 82.1 Å². The number of rotatable bonds is 4. The van der Waals surface area contributed by atoms with Crippen molar-refractivity contribution in [3.63, 3.8) is 0 Å². The molecule has 1 aliphatic heterocycles. The molecule has 1 saturated heterocycles. The average Bonchev–Trinajstić information content (AvgIpc) is 2.66. The van der Waals surface area contributed by atoms with Crippen LogP contribution in [0.1, 0.15) is 34.1 Å². The Morgan fingerprint density at radius 2 is 1.35 bits per heavy atom. The first-order valence-corrected chi connectivity index (χ1v) is 8.40. The minimum absolute atomic E-state index is 0.152. The van der Waals surface area contributed by atoms with Crippen LogP contribution < -0.4 is 0 Å². The number of carbonyl (C=O) groups excluding carboxylic acids is 2. The number of benzene rings is 2. The van der Waals surface area contributed by atoms with Crippen LogP contribution in [-0.2, 0) is 14.2 Å². The van der Waals surface area contributed by atoms with Crippen LogP contribution in [0.15, 0.2) is 60.7 Å². The highest BCUT2D eigenvalue weighted by Gasteiger charge is 2.39. The van der Waals surface area contributed by atoms with Gasteiger partial charge in [0.15, 0.2) is 12.4 Å². The van der Waals surface area contributed by atoms with Gasteiger partial charge in [-0.25, -0.2) is 9.59 Å². The Balaban J connectivity index is 1.65. The predicted molar refractivity (Wildman–Crippen MR) is 92.5 cm³/mol. The maximum atomic E-state index is 12.2. The van der Waals surface area contributed by atoms with Crippen LogP contribution in [-0.4, -0.2) is 41.6 Å². The highest BCUT2D eigenvalue weighted by Crippen LogP contribution is 2.25. The smallest absolute Gasteiger partial charge is 0.338 e. The molecule has 26 heavy (non-hydrogen) atoms. The molecule has 0 radical (unpaired) electrons. The number of aliphatic hydroxyl groups excluding tert-OH is 1. The lowest BCUT2D eigenvalue weighted by Gasteiger charge is -2.36. The molecular weight excluding hydrogens is 336 g/mol. The second-order valence-electron chi connectivity index (χ2n) is 6.09. The van der Waals surface area contributed by atoms with Gasteiger partial charge in [-0.1, -0.05) is 36.4 Å². The zero-order chi connectivity index (χ0) is 18.5. The van der Waals surface area contributed by atoms with Crippen molar-refractivity contribution in [3.8, 4) is 0 Å². The molecule has 1 unspecified atom stereocenters. The fourth-order valence-corrected chi connectivity index (χ4v) is 2.74. The van der Waals surface area contributed by atoms with Gasteiger partial charge in [0.1, 0.15) is 6.10 Å². The van der Waals surface area contributed by atoms with E-state index in [2.05, 4.69) is 0 Å². The van der Waals surface area contributed by atoms with Gasteiger partial charge in [0.05, 0.1) is 17.2 Å². The van der Waals surface area contributed by atoms with Gasteiger partial charge < -0.3 is 19.3 Å². The van der Waals surface area contributed by atoms with Crippen molar-refractivity contribution in [1.29, 1.82) is 0 Å². The summed E-state index contributed by atoms with van der Waals surface area (Å²) in [5.74, 6) is -1.06. The highest BCUT2D eigenvalue weighted by molar-refractivity contribution is 5.90. The SMILES string of the molecule is CC1O[C@@H](O)[C@@H](OC(=O)c2ccccc2)C[C@H]1OC(=O)c1ccccc1. The Morgan fingerprint density at radius 1 is 0.885 bits per heavy atom. The minimum atomic E-state index is -1.27. The first-order valence-electron chi connectivity index (χ1n) is 8.40. The summed E-state index contributed by atoms with van der Waals surface area (Å²) in [4.78, 5) is 24.4. The Labute approximate surface area is 151 Å². The first kappa shape index (κ1) is 18.1. The maximum absolute atomic E-state index is 12.2. The number of carbonyl (C=O) groups is 2. The van der Waals surface area contributed by atoms with Crippen LogP contribution >= 0.6 is 0 Å². The molecule has 2 aromatic rings. The molecule has 0 saturated carbocycles. The van der Waals surface area contributed by atoms with Gasteiger partial charge in [-0.05, 0) is 31.2 Å². The second-order valence-corrected chi connectivity index (χ2v) is 6.09. The summed E-state index contributed by atoms with van der Waals surface area (Å²) in [6, 6.07) is 17.1. The van der Waals surface area contributed by atoms with Crippen molar-refractivity contribution in [2.45, 2.75) is 37.9 Å². The molecule has 0 aromatic heterocycles. The summed E-state index contributed by atoms with van der Waals surface area (Å²) >= 11 is 0. The van der Waals surface area contributed by atoms with E-state index < -0.39 is 36.5 Å². The lowest BCUT2D eigenvalue weighted by molar-refractivity contribution is -0.240. The molecule has 0 spiro atoms. The van der Waals surface area contributed by atoms with Crippen LogP contribution in [0.3, 0.4) is 0 Å². The third kappa shape index (κ3) is 4.28. The summed E-state index contributed by atoms with van der Waals surface area (Å²) in [5, 5.41) is 10.1. The van der Waals surface area contributed by atoms with E-state index in [1.54, 1.807) is 67.6 Å². The van der Waals surface area contributed by atoms with E-state index in [1.165, 1.54) is 0 Å². The number of aliphatic hydroxyl groups is 1. The van der Waals surface area contributed by atoms with Gasteiger partial charge in [-0.2, -0.15) is 0 Å². The summed E-state index contributed by atoms with van der Waals surface area (Å²) < 4.78 is 16.2. The van der Waals surface area contributed by atoms with Crippen molar-refractivity contribution in [3.05, 3.63) is 71.8 Å². The zero-order valence-corrected chi connectivity index (χ0v) is 14.3. The third-order valence-electron chi connectivity index (χ3n) is 4.20. The molecule has 0 aliphatic carbocycles. The standard InChI is InChI=1S/C20H20O6/c1-13-16(25-18(21)14-8-4-2-5-9-14)12-17(20(23)24-13)26-19(22)15-10-6-3-7-11-15/h2-11,13,16-17,20,23H,12H2,1H3/t13?,16-,17+,20-/m1/s1. The van der Waals surface area contributed by atoms with E-state index in [9.17, 15) is 14.7 Å². The molecule has 2 aromatic carbocycles.